The molecule has 2 aromatic rings. The molecule has 0 radical (unpaired) electrons. The van der Waals surface area contributed by atoms with E-state index < -0.39 is 5.91 Å². The fraction of sp³-hybridized carbons (Fsp3) is 0.435. The Balaban J connectivity index is 1.73. The topological polar surface area (TPSA) is 112 Å². The second-order valence-electron chi connectivity index (χ2n) is 8.23. The molecule has 3 heterocycles. The second kappa shape index (κ2) is 9.46. The van der Waals surface area contributed by atoms with Gasteiger partial charge in [0.1, 0.15) is 33.0 Å². The van der Waals surface area contributed by atoms with Crippen LogP contribution in [0.25, 0.3) is 11.3 Å². The number of piperidine rings is 1. The molecule has 0 spiro atoms. The number of carbonyl (C=O) groups excluding carboxylic acids is 2. The first-order chi connectivity index (χ1) is 15.9. The lowest BCUT2D eigenvalue weighted by Gasteiger charge is -2.38. The maximum Gasteiger partial charge on any atom is 0.254 e. The standard InChI is InChI=1S/C23H28BrN5O4/c1-4-18(30)28-9-6-13(7-10-28)15-5-8-26-23-19(22(25)31)21(27-29(15)23)14-11-16(32-2)20(24)17(12-14)33-3/h4,11-13,15,26H,1,5-10H2,2-3H3,(H2,25,31)/t15-/m1/s1. The molecule has 0 aliphatic carbocycles. The Morgan fingerprint density at radius 1 is 1.21 bits per heavy atom. The first kappa shape index (κ1) is 23.2. The van der Waals surface area contributed by atoms with E-state index in [0.29, 0.717) is 57.6 Å². The van der Waals surface area contributed by atoms with Crippen LogP contribution in [0, 0.1) is 5.92 Å². The number of hydrogen-bond donors (Lipinski definition) is 2. The van der Waals surface area contributed by atoms with E-state index in [2.05, 4.69) is 27.8 Å². The largest absolute Gasteiger partial charge is 0.495 e. The van der Waals surface area contributed by atoms with Crippen molar-refractivity contribution < 1.29 is 19.1 Å². The number of amides is 2. The van der Waals surface area contributed by atoms with Crippen LogP contribution in [0.4, 0.5) is 5.82 Å². The van der Waals surface area contributed by atoms with Gasteiger partial charge in [0.05, 0.1) is 20.3 Å². The van der Waals surface area contributed by atoms with Crippen LogP contribution in [-0.4, -0.2) is 60.3 Å². The molecule has 1 fully saturated rings. The van der Waals surface area contributed by atoms with Crippen LogP contribution >= 0.6 is 15.9 Å². The minimum absolute atomic E-state index is 0.0324. The molecule has 1 aromatic carbocycles. The van der Waals surface area contributed by atoms with Crippen molar-refractivity contribution in [3.63, 3.8) is 0 Å². The Kier molecular flexibility index (Phi) is 6.64. The minimum Gasteiger partial charge on any atom is -0.495 e. The Morgan fingerprint density at radius 2 is 1.85 bits per heavy atom. The number of nitrogens with one attached hydrogen (secondary N) is 1. The van der Waals surface area contributed by atoms with E-state index in [0.717, 1.165) is 25.8 Å². The first-order valence-electron chi connectivity index (χ1n) is 10.9. The van der Waals surface area contributed by atoms with Crippen LogP contribution in [0.15, 0.2) is 29.3 Å². The highest BCUT2D eigenvalue weighted by atomic mass is 79.9. The quantitative estimate of drug-likeness (QED) is 0.569. The van der Waals surface area contributed by atoms with Gasteiger partial charge < -0.3 is 25.4 Å². The van der Waals surface area contributed by atoms with Crippen molar-refractivity contribution in [3.05, 3.63) is 34.8 Å². The number of primary amides is 1. The number of nitrogens with zero attached hydrogens (tertiary/aromatic N) is 3. The monoisotopic (exact) mass is 517 g/mol. The van der Waals surface area contributed by atoms with Crippen molar-refractivity contribution in [2.24, 2.45) is 11.7 Å². The summed E-state index contributed by atoms with van der Waals surface area (Å²) in [6.45, 7) is 5.68. The van der Waals surface area contributed by atoms with E-state index in [1.807, 2.05) is 21.7 Å². The zero-order chi connectivity index (χ0) is 23.7. The van der Waals surface area contributed by atoms with Crippen LogP contribution < -0.4 is 20.5 Å². The lowest BCUT2D eigenvalue weighted by molar-refractivity contribution is -0.127. The van der Waals surface area contributed by atoms with Gasteiger partial charge in [0.15, 0.2) is 0 Å². The maximum atomic E-state index is 12.5. The van der Waals surface area contributed by atoms with Gasteiger partial charge in [-0.1, -0.05) is 6.58 Å². The van der Waals surface area contributed by atoms with Gasteiger partial charge in [-0.15, -0.1) is 0 Å². The Bertz CT molecular complexity index is 1070. The molecule has 0 unspecified atom stereocenters. The summed E-state index contributed by atoms with van der Waals surface area (Å²) >= 11 is 3.48. The van der Waals surface area contributed by atoms with Gasteiger partial charge in [-0.2, -0.15) is 5.10 Å². The molecule has 2 amide bonds. The number of aromatic nitrogens is 2. The van der Waals surface area contributed by atoms with Crippen molar-refractivity contribution >= 4 is 33.6 Å². The van der Waals surface area contributed by atoms with E-state index >= 15 is 0 Å². The summed E-state index contributed by atoms with van der Waals surface area (Å²) in [5.41, 5.74) is 7.34. The molecule has 176 valence electrons. The summed E-state index contributed by atoms with van der Waals surface area (Å²) in [5.74, 6) is 1.52. The van der Waals surface area contributed by atoms with Crippen LogP contribution in [0.5, 0.6) is 11.5 Å². The van der Waals surface area contributed by atoms with Gasteiger partial charge in [0.25, 0.3) is 5.91 Å². The van der Waals surface area contributed by atoms with Crippen molar-refractivity contribution in [1.29, 1.82) is 0 Å². The summed E-state index contributed by atoms with van der Waals surface area (Å²) < 4.78 is 13.5. The molecule has 1 aromatic heterocycles. The van der Waals surface area contributed by atoms with Crippen LogP contribution in [0.2, 0.25) is 0 Å². The molecular weight excluding hydrogens is 490 g/mol. The number of nitrogens with two attached hydrogens (primary N) is 1. The lowest BCUT2D eigenvalue weighted by atomic mass is 9.87. The number of benzene rings is 1. The highest BCUT2D eigenvalue weighted by Crippen LogP contribution is 2.43. The number of rotatable bonds is 6. The van der Waals surface area contributed by atoms with E-state index in [-0.39, 0.29) is 11.9 Å². The molecule has 10 heteroatoms. The molecule has 1 atom stereocenters. The van der Waals surface area contributed by atoms with Crippen LogP contribution in [0.3, 0.4) is 0 Å². The van der Waals surface area contributed by atoms with Crippen molar-refractivity contribution in [3.8, 4) is 22.8 Å². The third kappa shape index (κ3) is 4.19. The second-order valence-corrected chi connectivity index (χ2v) is 9.02. The van der Waals surface area contributed by atoms with Gasteiger partial charge in [0.2, 0.25) is 5.91 Å². The smallest absolute Gasteiger partial charge is 0.254 e. The number of methoxy groups -OCH3 is 2. The molecule has 9 nitrogen and oxygen atoms in total. The van der Waals surface area contributed by atoms with Gasteiger partial charge in [-0.05, 0) is 59.3 Å². The normalized spacial score (nSPS) is 18.3. The summed E-state index contributed by atoms with van der Waals surface area (Å²) in [7, 11) is 3.13. The Morgan fingerprint density at radius 3 is 2.39 bits per heavy atom. The van der Waals surface area contributed by atoms with E-state index in [1.54, 1.807) is 14.2 Å². The molecule has 2 aliphatic heterocycles. The molecule has 4 rings (SSSR count). The van der Waals surface area contributed by atoms with Crippen LogP contribution in [0.1, 0.15) is 35.7 Å². The number of halogens is 1. The molecule has 2 aliphatic rings. The van der Waals surface area contributed by atoms with E-state index in [1.165, 1.54) is 6.08 Å². The van der Waals surface area contributed by atoms with Gasteiger partial charge >= 0.3 is 0 Å². The average Bonchev–Trinajstić information content (AvgIpc) is 3.24. The molecule has 0 bridgehead atoms. The molecule has 1 saturated heterocycles. The van der Waals surface area contributed by atoms with Crippen molar-refractivity contribution in [2.45, 2.75) is 25.3 Å². The highest BCUT2D eigenvalue weighted by Gasteiger charge is 2.36. The number of carbonyl (C=O) groups is 2. The number of anilines is 1. The SMILES string of the molecule is C=CC(=O)N1CCC([C@H]2CCNc3c(C(N)=O)c(-c4cc(OC)c(Br)c(OC)c4)nn32)CC1. The third-order valence-corrected chi connectivity index (χ3v) is 7.27. The predicted molar refractivity (Wildman–Crippen MR) is 129 cm³/mol. The van der Waals surface area contributed by atoms with Gasteiger partial charge in [0, 0.05) is 25.2 Å². The highest BCUT2D eigenvalue weighted by molar-refractivity contribution is 9.10. The number of ether oxygens (including phenoxy) is 2. The van der Waals surface area contributed by atoms with Crippen LogP contribution in [-0.2, 0) is 4.79 Å². The van der Waals surface area contributed by atoms with E-state index in [4.69, 9.17) is 20.3 Å². The molecule has 3 N–H and O–H groups in total. The summed E-state index contributed by atoms with van der Waals surface area (Å²) in [6, 6.07) is 3.72. The van der Waals surface area contributed by atoms with Crippen molar-refractivity contribution in [1.82, 2.24) is 14.7 Å². The Hall–Kier alpha value is -3.01. The zero-order valence-electron chi connectivity index (χ0n) is 18.8. The fourth-order valence-corrected chi connectivity index (χ4v) is 5.37. The summed E-state index contributed by atoms with van der Waals surface area (Å²) in [4.78, 5) is 26.3. The number of hydrogen-bond acceptors (Lipinski definition) is 6. The molecule has 33 heavy (non-hydrogen) atoms. The minimum atomic E-state index is -0.549. The Labute approximate surface area is 201 Å². The lowest BCUT2D eigenvalue weighted by Crippen LogP contribution is -2.41. The number of likely N-dealkylation sites (tertiary alicyclic amines) is 1. The molecule has 0 saturated carbocycles. The fourth-order valence-electron chi connectivity index (χ4n) is 4.82. The summed E-state index contributed by atoms with van der Waals surface area (Å²) in [5, 5.41) is 8.21. The predicted octanol–water partition coefficient (Wildman–Crippen LogP) is 3.21. The average molecular weight is 518 g/mol. The number of fused-ring (bicyclic) bond motifs is 1. The third-order valence-electron chi connectivity index (χ3n) is 6.49. The zero-order valence-corrected chi connectivity index (χ0v) is 20.4. The van der Waals surface area contributed by atoms with E-state index in [9.17, 15) is 9.59 Å². The maximum absolute atomic E-state index is 12.5. The summed E-state index contributed by atoms with van der Waals surface area (Å²) in [6.07, 6.45) is 3.97. The molecular formula is C23H28BrN5O4. The first-order valence-corrected chi connectivity index (χ1v) is 11.7. The van der Waals surface area contributed by atoms with Crippen molar-refractivity contribution in [2.75, 3.05) is 39.2 Å². The van der Waals surface area contributed by atoms with Gasteiger partial charge in [-0.3, -0.25) is 9.59 Å². The van der Waals surface area contributed by atoms with Gasteiger partial charge in [-0.25, -0.2) is 4.68 Å².